The first-order valence-corrected chi connectivity index (χ1v) is 8.73. The Kier molecular flexibility index (Phi) is 4.66. The zero-order valence-corrected chi connectivity index (χ0v) is 13.7. The van der Waals surface area contributed by atoms with E-state index >= 15 is 0 Å². The highest BCUT2D eigenvalue weighted by Gasteiger charge is 2.41. The molecule has 2 bridgehead atoms. The van der Waals surface area contributed by atoms with Gasteiger partial charge in [-0.2, -0.15) is 0 Å². The van der Waals surface area contributed by atoms with Gasteiger partial charge in [-0.15, -0.1) is 0 Å². The van der Waals surface area contributed by atoms with Gasteiger partial charge in [-0.25, -0.2) is 0 Å². The van der Waals surface area contributed by atoms with Gasteiger partial charge in [0.25, 0.3) is 0 Å². The molecule has 0 spiro atoms. The summed E-state index contributed by atoms with van der Waals surface area (Å²) in [7, 11) is 0. The van der Waals surface area contributed by atoms with Crippen molar-refractivity contribution in [3.63, 3.8) is 0 Å². The highest BCUT2D eigenvalue weighted by molar-refractivity contribution is 5.91. The van der Waals surface area contributed by atoms with Gasteiger partial charge >= 0.3 is 0 Å². The molecule has 0 saturated heterocycles. The number of carbonyl (C=O) groups is 1. The van der Waals surface area contributed by atoms with Crippen LogP contribution in [0.15, 0.2) is 30.3 Å². The maximum Gasteiger partial charge on any atom is 0.244 e. The van der Waals surface area contributed by atoms with Crippen LogP contribution in [-0.4, -0.2) is 11.9 Å². The van der Waals surface area contributed by atoms with Gasteiger partial charge in [-0.1, -0.05) is 37.6 Å². The third kappa shape index (κ3) is 3.43. The van der Waals surface area contributed by atoms with Crippen molar-refractivity contribution in [1.82, 2.24) is 5.32 Å². The summed E-state index contributed by atoms with van der Waals surface area (Å²) in [5, 5.41) is 3.17. The van der Waals surface area contributed by atoms with E-state index in [9.17, 15) is 4.79 Å². The Bertz CT molecular complexity index is 545. The van der Waals surface area contributed by atoms with Crippen LogP contribution in [0.3, 0.4) is 0 Å². The van der Waals surface area contributed by atoms with Crippen molar-refractivity contribution in [1.29, 1.82) is 0 Å². The van der Waals surface area contributed by atoms with E-state index in [4.69, 9.17) is 0 Å². The summed E-state index contributed by atoms with van der Waals surface area (Å²) in [6.07, 6.45) is 10.1. The molecule has 1 aromatic rings. The number of fused-ring (bicyclic) bond motifs is 2. The van der Waals surface area contributed by atoms with E-state index in [2.05, 4.69) is 43.4 Å². The minimum Gasteiger partial charge on any atom is -0.350 e. The molecule has 0 unspecified atom stereocenters. The Balaban J connectivity index is 1.52. The lowest BCUT2D eigenvalue weighted by Gasteiger charge is -2.28. The molecule has 2 heteroatoms. The highest BCUT2D eigenvalue weighted by Crippen LogP contribution is 2.49. The maximum absolute atomic E-state index is 12.1. The summed E-state index contributed by atoms with van der Waals surface area (Å²) >= 11 is 0. The molecule has 4 atom stereocenters. The Morgan fingerprint density at radius 1 is 1.27 bits per heavy atom. The Hall–Kier alpha value is -1.57. The summed E-state index contributed by atoms with van der Waals surface area (Å²) in [4.78, 5) is 12.1. The molecule has 0 radical (unpaired) electrons. The van der Waals surface area contributed by atoms with Crippen LogP contribution in [-0.2, 0) is 11.2 Å². The van der Waals surface area contributed by atoms with E-state index in [1.165, 1.54) is 31.2 Å². The number of rotatable bonds is 5. The van der Waals surface area contributed by atoms with Crippen molar-refractivity contribution in [2.45, 2.75) is 52.0 Å². The number of amides is 1. The predicted molar refractivity (Wildman–Crippen MR) is 91.4 cm³/mol. The third-order valence-corrected chi connectivity index (χ3v) is 5.62. The average Bonchev–Trinajstić information content (AvgIpc) is 3.16. The Morgan fingerprint density at radius 2 is 2.05 bits per heavy atom. The van der Waals surface area contributed by atoms with Gasteiger partial charge in [-0.05, 0) is 67.6 Å². The largest absolute Gasteiger partial charge is 0.350 e. The van der Waals surface area contributed by atoms with Crippen LogP contribution in [0.25, 0.3) is 6.08 Å². The number of carbonyl (C=O) groups excluding carboxylic acids is 1. The van der Waals surface area contributed by atoms with Crippen molar-refractivity contribution >= 4 is 12.0 Å². The van der Waals surface area contributed by atoms with Crippen molar-refractivity contribution in [3.05, 3.63) is 41.5 Å². The van der Waals surface area contributed by atoms with Crippen molar-refractivity contribution in [2.75, 3.05) is 0 Å². The molecule has 2 nitrogen and oxygen atoms in total. The van der Waals surface area contributed by atoms with Gasteiger partial charge < -0.3 is 5.32 Å². The van der Waals surface area contributed by atoms with Crippen LogP contribution < -0.4 is 5.32 Å². The van der Waals surface area contributed by atoms with Gasteiger partial charge in [0.1, 0.15) is 0 Å². The van der Waals surface area contributed by atoms with Crippen LogP contribution in [0.2, 0.25) is 0 Å². The molecule has 0 heterocycles. The van der Waals surface area contributed by atoms with Crippen LogP contribution in [0.5, 0.6) is 0 Å². The minimum atomic E-state index is 0.0369. The monoisotopic (exact) mass is 297 g/mol. The normalized spacial score (nSPS) is 28.2. The summed E-state index contributed by atoms with van der Waals surface area (Å²) < 4.78 is 0. The molecule has 22 heavy (non-hydrogen) atoms. The number of aryl methyl sites for hydroxylation is 1. The molecule has 2 fully saturated rings. The standard InChI is InChI=1S/C20H27NO/c1-3-15-4-6-16(7-5-15)9-11-20(22)21-14(2)19-13-17-8-10-18(19)12-17/h4-7,9,11,14,17-19H,3,8,10,12-13H2,1-2H3,(H,21,22)/b11-9-/t14-,17+,18+,19+/m1/s1. The maximum atomic E-state index is 12.1. The second-order valence-electron chi connectivity index (χ2n) is 7.06. The molecule has 1 N–H and O–H groups in total. The summed E-state index contributed by atoms with van der Waals surface area (Å²) in [6.45, 7) is 4.32. The minimum absolute atomic E-state index is 0.0369. The van der Waals surface area contributed by atoms with Crippen LogP contribution in [0, 0.1) is 17.8 Å². The summed E-state index contributed by atoms with van der Waals surface area (Å²) in [5.74, 6) is 2.52. The van der Waals surface area contributed by atoms with Gasteiger partial charge in [0.15, 0.2) is 0 Å². The number of nitrogens with one attached hydrogen (secondary N) is 1. The molecular formula is C20H27NO. The molecule has 0 aliphatic heterocycles. The fourth-order valence-corrected chi connectivity index (χ4v) is 4.32. The quantitative estimate of drug-likeness (QED) is 0.811. The molecule has 1 amide bonds. The molecule has 2 aliphatic rings. The third-order valence-electron chi connectivity index (χ3n) is 5.62. The first-order valence-electron chi connectivity index (χ1n) is 8.73. The molecule has 3 rings (SSSR count). The predicted octanol–water partition coefficient (Wildman–Crippen LogP) is 4.20. The highest BCUT2D eigenvalue weighted by atomic mass is 16.1. The van der Waals surface area contributed by atoms with E-state index in [0.717, 1.165) is 23.8 Å². The molecule has 2 aliphatic carbocycles. The van der Waals surface area contributed by atoms with Crippen molar-refractivity contribution in [3.8, 4) is 0 Å². The van der Waals surface area contributed by atoms with Gasteiger partial charge in [0, 0.05) is 12.1 Å². The van der Waals surface area contributed by atoms with Crippen LogP contribution >= 0.6 is 0 Å². The van der Waals surface area contributed by atoms with E-state index in [-0.39, 0.29) is 5.91 Å². The molecular weight excluding hydrogens is 270 g/mol. The topological polar surface area (TPSA) is 29.1 Å². The molecule has 118 valence electrons. The van der Waals surface area contributed by atoms with E-state index in [1.54, 1.807) is 6.08 Å². The lowest BCUT2D eigenvalue weighted by atomic mass is 9.84. The van der Waals surface area contributed by atoms with E-state index in [0.29, 0.717) is 12.0 Å². The van der Waals surface area contributed by atoms with Gasteiger partial charge in [-0.3, -0.25) is 4.79 Å². The Labute approximate surface area is 134 Å². The van der Waals surface area contributed by atoms with E-state index in [1.807, 2.05) is 6.08 Å². The zero-order chi connectivity index (χ0) is 15.5. The number of hydrogen-bond acceptors (Lipinski definition) is 1. The second-order valence-corrected chi connectivity index (χ2v) is 7.06. The zero-order valence-electron chi connectivity index (χ0n) is 13.7. The SMILES string of the molecule is CCc1ccc(/C=C\C(=O)N[C@H](C)[C@@H]2C[C@H]3CC[C@H]2C3)cc1. The van der Waals surface area contributed by atoms with Gasteiger partial charge in [0.2, 0.25) is 5.91 Å². The number of benzene rings is 1. The molecule has 1 aromatic carbocycles. The summed E-state index contributed by atoms with van der Waals surface area (Å²) in [6, 6.07) is 8.68. The van der Waals surface area contributed by atoms with E-state index < -0.39 is 0 Å². The van der Waals surface area contributed by atoms with Crippen molar-refractivity contribution < 1.29 is 4.79 Å². The first kappa shape index (κ1) is 15.3. The summed E-state index contributed by atoms with van der Waals surface area (Å²) in [5.41, 5.74) is 2.41. The lowest BCUT2D eigenvalue weighted by Crippen LogP contribution is -2.39. The first-order chi connectivity index (χ1) is 10.7. The smallest absolute Gasteiger partial charge is 0.244 e. The second kappa shape index (κ2) is 6.68. The fraction of sp³-hybridized carbons (Fsp3) is 0.550. The number of hydrogen-bond donors (Lipinski definition) is 1. The molecule has 2 saturated carbocycles. The lowest BCUT2D eigenvalue weighted by molar-refractivity contribution is -0.117. The Morgan fingerprint density at radius 3 is 2.64 bits per heavy atom. The average molecular weight is 297 g/mol. The van der Waals surface area contributed by atoms with Crippen LogP contribution in [0.4, 0.5) is 0 Å². The fourth-order valence-electron chi connectivity index (χ4n) is 4.32. The van der Waals surface area contributed by atoms with Crippen LogP contribution in [0.1, 0.15) is 50.7 Å². The van der Waals surface area contributed by atoms with Gasteiger partial charge in [0.05, 0.1) is 0 Å². The molecule has 0 aromatic heterocycles. The van der Waals surface area contributed by atoms with Crippen molar-refractivity contribution in [2.24, 2.45) is 17.8 Å².